The van der Waals surface area contributed by atoms with Crippen molar-refractivity contribution in [1.29, 1.82) is 0 Å². The van der Waals surface area contributed by atoms with E-state index in [-0.39, 0.29) is 5.41 Å². The summed E-state index contributed by atoms with van der Waals surface area (Å²) in [7, 11) is 1.69. The van der Waals surface area contributed by atoms with Gasteiger partial charge in [0.25, 0.3) is 0 Å². The summed E-state index contributed by atoms with van der Waals surface area (Å²) in [5, 5.41) is 3.68. The average Bonchev–Trinajstić information content (AvgIpc) is 2.70. The van der Waals surface area contributed by atoms with Gasteiger partial charge in [0, 0.05) is 5.69 Å². The number of ether oxygens (including phenoxy) is 1. The van der Waals surface area contributed by atoms with Crippen molar-refractivity contribution in [2.45, 2.75) is 26.3 Å². The SMILES string of the molecule is COc1ccc(NC2c3ccccc3CC2(C)C)cc1. The van der Waals surface area contributed by atoms with Gasteiger partial charge in [0.1, 0.15) is 5.75 Å². The van der Waals surface area contributed by atoms with Gasteiger partial charge in [0.15, 0.2) is 0 Å². The highest BCUT2D eigenvalue weighted by atomic mass is 16.5. The maximum Gasteiger partial charge on any atom is 0.119 e. The van der Waals surface area contributed by atoms with Gasteiger partial charge in [-0.05, 0) is 47.2 Å². The van der Waals surface area contributed by atoms with Crippen LogP contribution < -0.4 is 10.1 Å². The minimum Gasteiger partial charge on any atom is -0.497 e. The van der Waals surface area contributed by atoms with Gasteiger partial charge < -0.3 is 10.1 Å². The van der Waals surface area contributed by atoms with Crippen molar-refractivity contribution in [3.8, 4) is 5.75 Å². The van der Waals surface area contributed by atoms with Crippen LogP contribution in [0.4, 0.5) is 5.69 Å². The van der Waals surface area contributed by atoms with Crippen LogP contribution in [0.25, 0.3) is 0 Å². The van der Waals surface area contributed by atoms with Gasteiger partial charge in [-0.3, -0.25) is 0 Å². The van der Waals surface area contributed by atoms with Crippen LogP contribution in [-0.4, -0.2) is 7.11 Å². The summed E-state index contributed by atoms with van der Waals surface area (Å²) < 4.78 is 5.21. The van der Waals surface area contributed by atoms with Crippen molar-refractivity contribution in [1.82, 2.24) is 0 Å². The zero-order chi connectivity index (χ0) is 14.2. The Kier molecular flexibility index (Phi) is 3.17. The number of rotatable bonds is 3. The quantitative estimate of drug-likeness (QED) is 0.888. The van der Waals surface area contributed by atoms with E-state index in [0.29, 0.717) is 6.04 Å². The molecule has 1 aliphatic rings. The second-order valence-corrected chi connectivity index (χ2v) is 6.17. The Morgan fingerprint density at radius 1 is 1.05 bits per heavy atom. The number of hydrogen-bond donors (Lipinski definition) is 1. The molecule has 20 heavy (non-hydrogen) atoms. The normalized spacial score (nSPS) is 19.4. The molecule has 0 bridgehead atoms. The van der Waals surface area contributed by atoms with Gasteiger partial charge in [-0.15, -0.1) is 0 Å². The molecule has 2 nitrogen and oxygen atoms in total. The molecule has 1 N–H and O–H groups in total. The van der Waals surface area contributed by atoms with Gasteiger partial charge in [-0.25, -0.2) is 0 Å². The molecule has 2 heteroatoms. The number of nitrogens with one attached hydrogen (secondary N) is 1. The Morgan fingerprint density at radius 2 is 1.75 bits per heavy atom. The summed E-state index contributed by atoms with van der Waals surface area (Å²) in [5.74, 6) is 0.890. The van der Waals surface area contributed by atoms with Crippen molar-refractivity contribution in [3.63, 3.8) is 0 Å². The first-order valence-corrected chi connectivity index (χ1v) is 7.08. The molecule has 0 heterocycles. The molecule has 0 saturated carbocycles. The minimum absolute atomic E-state index is 0.226. The maximum absolute atomic E-state index is 5.21. The first-order chi connectivity index (χ1) is 9.60. The molecule has 1 unspecified atom stereocenters. The Morgan fingerprint density at radius 3 is 2.45 bits per heavy atom. The van der Waals surface area contributed by atoms with Crippen molar-refractivity contribution in [2.75, 3.05) is 12.4 Å². The summed E-state index contributed by atoms with van der Waals surface area (Å²) in [4.78, 5) is 0. The van der Waals surface area contributed by atoms with Crippen molar-refractivity contribution < 1.29 is 4.74 Å². The third-order valence-electron chi connectivity index (χ3n) is 4.19. The van der Waals surface area contributed by atoms with Crippen LogP contribution in [0.3, 0.4) is 0 Å². The van der Waals surface area contributed by atoms with Crippen LogP contribution in [0.1, 0.15) is 31.0 Å². The molecule has 104 valence electrons. The largest absolute Gasteiger partial charge is 0.497 e. The van der Waals surface area contributed by atoms with Crippen LogP contribution >= 0.6 is 0 Å². The number of hydrogen-bond acceptors (Lipinski definition) is 2. The minimum atomic E-state index is 0.226. The zero-order valence-electron chi connectivity index (χ0n) is 12.3. The molecule has 0 spiro atoms. The third-order valence-corrected chi connectivity index (χ3v) is 4.19. The number of benzene rings is 2. The van der Waals surface area contributed by atoms with Crippen LogP contribution in [0, 0.1) is 5.41 Å². The molecule has 1 atom stereocenters. The lowest BCUT2D eigenvalue weighted by molar-refractivity contribution is 0.337. The maximum atomic E-state index is 5.21. The van der Waals surface area contributed by atoms with Crippen molar-refractivity contribution in [2.24, 2.45) is 5.41 Å². The summed E-state index contributed by atoms with van der Waals surface area (Å²) in [6.45, 7) is 4.66. The monoisotopic (exact) mass is 267 g/mol. The Balaban J connectivity index is 1.88. The smallest absolute Gasteiger partial charge is 0.119 e. The molecule has 0 saturated heterocycles. The molecule has 0 amide bonds. The van der Waals surface area contributed by atoms with Crippen LogP contribution in [0.15, 0.2) is 48.5 Å². The lowest BCUT2D eigenvalue weighted by atomic mass is 9.85. The Labute approximate surface area is 120 Å². The highest BCUT2D eigenvalue weighted by Gasteiger charge is 2.38. The van der Waals surface area contributed by atoms with Crippen LogP contribution in [0.5, 0.6) is 5.75 Å². The molecule has 2 aromatic rings. The first kappa shape index (κ1) is 13.0. The van der Waals surface area contributed by atoms with Crippen LogP contribution in [-0.2, 0) is 6.42 Å². The lowest BCUT2D eigenvalue weighted by Gasteiger charge is -2.29. The summed E-state index contributed by atoms with van der Waals surface area (Å²) in [6.07, 6.45) is 1.12. The van der Waals surface area contributed by atoms with Gasteiger partial charge in [0.05, 0.1) is 13.2 Å². The molecular weight excluding hydrogens is 246 g/mol. The fourth-order valence-electron chi connectivity index (χ4n) is 3.12. The third kappa shape index (κ3) is 2.26. The van der Waals surface area contributed by atoms with E-state index in [1.807, 2.05) is 12.1 Å². The number of anilines is 1. The highest BCUT2D eigenvalue weighted by molar-refractivity contribution is 5.51. The second kappa shape index (κ2) is 4.86. The Bertz CT molecular complexity index is 601. The fraction of sp³-hybridized carbons (Fsp3) is 0.333. The first-order valence-electron chi connectivity index (χ1n) is 7.08. The van der Waals surface area contributed by atoms with E-state index in [2.05, 4.69) is 55.6 Å². The lowest BCUT2D eigenvalue weighted by Crippen LogP contribution is -2.24. The van der Waals surface area contributed by atoms with E-state index in [1.165, 1.54) is 11.1 Å². The van der Waals surface area contributed by atoms with E-state index in [4.69, 9.17) is 4.74 Å². The van der Waals surface area contributed by atoms with Gasteiger partial charge in [-0.2, -0.15) is 0 Å². The molecule has 0 aliphatic heterocycles. The Hall–Kier alpha value is -1.96. The molecule has 0 fully saturated rings. The average molecular weight is 267 g/mol. The van der Waals surface area contributed by atoms with E-state index >= 15 is 0 Å². The summed E-state index contributed by atoms with van der Waals surface area (Å²) in [6, 6.07) is 17.2. The van der Waals surface area contributed by atoms with Gasteiger partial charge in [0.2, 0.25) is 0 Å². The van der Waals surface area contributed by atoms with Gasteiger partial charge >= 0.3 is 0 Å². The number of methoxy groups -OCH3 is 1. The van der Waals surface area contributed by atoms with Gasteiger partial charge in [-0.1, -0.05) is 38.1 Å². The van der Waals surface area contributed by atoms with E-state index < -0.39 is 0 Å². The number of fused-ring (bicyclic) bond motifs is 1. The highest BCUT2D eigenvalue weighted by Crippen LogP contribution is 2.46. The van der Waals surface area contributed by atoms with E-state index in [1.54, 1.807) is 7.11 Å². The summed E-state index contributed by atoms with van der Waals surface area (Å²) >= 11 is 0. The fourth-order valence-corrected chi connectivity index (χ4v) is 3.12. The standard InChI is InChI=1S/C18H21NO/c1-18(2)12-13-6-4-5-7-16(13)17(18)19-14-8-10-15(20-3)11-9-14/h4-11,17,19H,12H2,1-3H3. The predicted molar refractivity (Wildman–Crippen MR) is 83.3 cm³/mol. The van der Waals surface area contributed by atoms with Crippen LogP contribution in [0.2, 0.25) is 0 Å². The molecule has 3 rings (SSSR count). The molecule has 1 aliphatic carbocycles. The molecule has 2 aromatic carbocycles. The summed E-state index contributed by atoms with van der Waals surface area (Å²) in [5.41, 5.74) is 4.25. The van der Waals surface area contributed by atoms with Crippen molar-refractivity contribution in [3.05, 3.63) is 59.7 Å². The topological polar surface area (TPSA) is 21.3 Å². The van der Waals surface area contributed by atoms with Crippen molar-refractivity contribution >= 4 is 5.69 Å². The molecular formula is C18H21NO. The predicted octanol–water partition coefficient (Wildman–Crippen LogP) is 4.43. The molecule has 0 radical (unpaired) electrons. The van der Waals surface area contributed by atoms with E-state index in [0.717, 1.165) is 17.9 Å². The van der Waals surface area contributed by atoms with E-state index in [9.17, 15) is 0 Å². The second-order valence-electron chi connectivity index (χ2n) is 6.17. The molecule has 0 aromatic heterocycles. The zero-order valence-corrected chi connectivity index (χ0v) is 12.3.